The van der Waals surface area contributed by atoms with E-state index < -0.39 is 43.4 Å². The van der Waals surface area contributed by atoms with Gasteiger partial charge in [-0.15, -0.1) is 0 Å². The summed E-state index contributed by atoms with van der Waals surface area (Å²) in [6.45, 7) is 4.54. The van der Waals surface area contributed by atoms with Gasteiger partial charge in [0.15, 0.2) is 6.29 Å². The quantitative estimate of drug-likeness (QED) is 0.0311. The van der Waals surface area contributed by atoms with Gasteiger partial charge >= 0.3 is 5.97 Å². The van der Waals surface area contributed by atoms with Crippen molar-refractivity contribution in [3.05, 3.63) is 12.2 Å². The monoisotopic (exact) mass is 687 g/mol. The summed E-state index contributed by atoms with van der Waals surface area (Å²) in [5, 5.41) is 39.9. The summed E-state index contributed by atoms with van der Waals surface area (Å²) in [6.07, 6.45) is 25.2. The maximum absolute atomic E-state index is 12.7. The summed E-state index contributed by atoms with van der Waals surface area (Å²) in [4.78, 5) is 12.7. The standard InChI is InChI=1S/C39H74O9/c1-3-5-7-9-11-13-15-16-17-18-20-22-24-26-28-35(41)47-33(32-46-39-38(44)37(43)36(42)34(30-40)48-39)31-45-29-27-25-23-21-19-14-12-10-8-6-4-2/h15-16,33-34,36-40,42-44H,3-14,17-32H2,1-2H3/b16-15-. The van der Waals surface area contributed by atoms with Crippen molar-refractivity contribution in [3.8, 4) is 0 Å². The molecule has 9 nitrogen and oxygen atoms in total. The third-order valence-corrected chi connectivity index (χ3v) is 9.18. The van der Waals surface area contributed by atoms with Crippen molar-refractivity contribution in [2.24, 2.45) is 0 Å². The number of ether oxygens (including phenoxy) is 4. The molecule has 0 aromatic heterocycles. The molecule has 1 fully saturated rings. The lowest BCUT2D eigenvalue weighted by molar-refractivity contribution is -0.305. The van der Waals surface area contributed by atoms with Gasteiger partial charge in [-0.25, -0.2) is 0 Å². The zero-order valence-corrected chi connectivity index (χ0v) is 30.7. The van der Waals surface area contributed by atoms with E-state index in [9.17, 15) is 25.2 Å². The molecule has 0 amide bonds. The Morgan fingerprint density at radius 1 is 0.646 bits per heavy atom. The highest BCUT2D eigenvalue weighted by atomic mass is 16.7. The second-order valence-corrected chi connectivity index (χ2v) is 13.7. The van der Waals surface area contributed by atoms with Crippen LogP contribution in [0.15, 0.2) is 12.2 Å². The molecule has 284 valence electrons. The number of esters is 1. The zero-order chi connectivity index (χ0) is 35.1. The smallest absolute Gasteiger partial charge is 0.306 e. The molecule has 1 heterocycles. The van der Waals surface area contributed by atoms with Crippen LogP contribution in [0.4, 0.5) is 0 Å². The van der Waals surface area contributed by atoms with Gasteiger partial charge in [-0.3, -0.25) is 4.79 Å². The Labute approximate surface area is 293 Å². The first-order valence-electron chi connectivity index (χ1n) is 19.8. The summed E-state index contributed by atoms with van der Waals surface area (Å²) >= 11 is 0. The number of rotatable bonds is 33. The third kappa shape index (κ3) is 23.4. The maximum Gasteiger partial charge on any atom is 0.306 e. The molecule has 9 heteroatoms. The number of aliphatic hydroxyl groups is 4. The van der Waals surface area contributed by atoms with Gasteiger partial charge in [-0.1, -0.05) is 135 Å². The van der Waals surface area contributed by atoms with Crippen LogP contribution in [-0.2, 0) is 23.7 Å². The summed E-state index contributed by atoms with van der Waals surface area (Å²) < 4.78 is 22.7. The van der Waals surface area contributed by atoms with Crippen molar-refractivity contribution in [1.29, 1.82) is 0 Å². The highest BCUT2D eigenvalue weighted by molar-refractivity contribution is 5.69. The van der Waals surface area contributed by atoms with Crippen LogP contribution in [-0.4, -0.2) is 89.6 Å². The average Bonchev–Trinajstić information content (AvgIpc) is 3.08. The molecule has 0 aromatic carbocycles. The van der Waals surface area contributed by atoms with E-state index in [1.165, 1.54) is 103 Å². The van der Waals surface area contributed by atoms with E-state index >= 15 is 0 Å². The minimum absolute atomic E-state index is 0.112. The molecule has 1 aliphatic heterocycles. The van der Waals surface area contributed by atoms with Gasteiger partial charge in [-0.2, -0.15) is 0 Å². The van der Waals surface area contributed by atoms with E-state index in [0.717, 1.165) is 44.9 Å². The Morgan fingerprint density at radius 3 is 1.69 bits per heavy atom. The minimum atomic E-state index is -1.53. The van der Waals surface area contributed by atoms with Crippen LogP contribution in [0, 0.1) is 0 Å². The number of carbonyl (C=O) groups is 1. The van der Waals surface area contributed by atoms with Gasteiger partial charge in [-0.05, 0) is 38.5 Å². The Hall–Kier alpha value is -1.07. The first kappa shape index (κ1) is 45.0. The molecule has 4 N–H and O–H groups in total. The maximum atomic E-state index is 12.7. The van der Waals surface area contributed by atoms with Crippen molar-refractivity contribution in [2.45, 2.75) is 205 Å². The van der Waals surface area contributed by atoms with Crippen LogP contribution in [0.5, 0.6) is 0 Å². The van der Waals surface area contributed by atoms with E-state index in [1.54, 1.807) is 0 Å². The molecule has 0 bridgehead atoms. The van der Waals surface area contributed by atoms with Gasteiger partial charge in [0.25, 0.3) is 0 Å². The topological polar surface area (TPSA) is 135 Å². The highest BCUT2D eigenvalue weighted by Crippen LogP contribution is 2.22. The first-order valence-corrected chi connectivity index (χ1v) is 19.8. The molecule has 0 aromatic rings. The molecule has 0 aliphatic carbocycles. The molecular weight excluding hydrogens is 612 g/mol. The van der Waals surface area contributed by atoms with Crippen LogP contribution in [0.3, 0.4) is 0 Å². The molecule has 1 saturated heterocycles. The number of unbranched alkanes of at least 4 members (excludes halogenated alkanes) is 20. The molecule has 48 heavy (non-hydrogen) atoms. The Kier molecular flexibility index (Phi) is 29.9. The Bertz CT molecular complexity index is 747. The SMILES string of the molecule is CCCCCCC/C=C\CCCCCCCC(=O)OC(COCCCCCCCCCCCCC)COC1OC(CO)C(O)C(O)C1O. The average molecular weight is 687 g/mol. The highest BCUT2D eigenvalue weighted by Gasteiger charge is 2.44. The van der Waals surface area contributed by atoms with Gasteiger partial charge in [0.05, 0.1) is 19.8 Å². The van der Waals surface area contributed by atoms with E-state index in [1.807, 2.05) is 0 Å². The Balaban J connectivity index is 2.32. The van der Waals surface area contributed by atoms with E-state index in [-0.39, 0.29) is 19.2 Å². The number of aliphatic hydroxyl groups excluding tert-OH is 4. The Morgan fingerprint density at radius 2 is 1.15 bits per heavy atom. The summed E-state index contributed by atoms with van der Waals surface area (Å²) in [6, 6.07) is 0. The lowest BCUT2D eigenvalue weighted by Gasteiger charge is -2.39. The van der Waals surface area contributed by atoms with Crippen molar-refractivity contribution in [1.82, 2.24) is 0 Å². The van der Waals surface area contributed by atoms with Crippen LogP contribution >= 0.6 is 0 Å². The van der Waals surface area contributed by atoms with E-state index in [0.29, 0.717) is 13.0 Å². The van der Waals surface area contributed by atoms with Crippen LogP contribution in [0.1, 0.15) is 168 Å². The van der Waals surface area contributed by atoms with Crippen molar-refractivity contribution >= 4 is 5.97 Å². The second kappa shape index (κ2) is 31.9. The third-order valence-electron chi connectivity index (χ3n) is 9.18. The lowest BCUT2D eigenvalue weighted by atomic mass is 9.99. The molecular formula is C39H74O9. The number of carbonyl (C=O) groups excluding carboxylic acids is 1. The lowest BCUT2D eigenvalue weighted by Crippen LogP contribution is -2.59. The largest absolute Gasteiger partial charge is 0.457 e. The predicted octanol–water partition coefficient (Wildman–Crippen LogP) is 7.69. The molecule has 0 saturated carbocycles. The van der Waals surface area contributed by atoms with E-state index in [2.05, 4.69) is 26.0 Å². The molecule has 0 spiro atoms. The number of hydrogen-bond acceptors (Lipinski definition) is 9. The predicted molar refractivity (Wildman–Crippen MR) is 192 cm³/mol. The normalized spacial score (nSPS) is 22.0. The summed E-state index contributed by atoms with van der Waals surface area (Å²) in [5.74, 6) is -0.322. The van der Waals surface area contributed by atoms with Gasteiger partial charge in [0, 0.05) is 13.0 Å². The van der Waals surface area contributed by atoms with E-state index in [4.69, 9.17) is 18.9 Å². The molecule has 6 unspecified atom stereocenters. The first-order chi connectivity index (χ1) is 23.4. The van der Waals surface area contributed by atoms with Crippen molar-refractivity contribution in [2.75, 3.05) is 26.4 Å². The number of allylic oxidation sites excluding steroid dienone is 2. The van der Waals surface area contributed by atoms with Gasteiger partial charge in [0.1, 0.15) is 30.5 Å². The molecule has 6 atom stereocenters. The fraction of sp³-hybridized carbons (Fsp3) is 0.923. The van der Waals surface area contributed by atoms with Crippen molar-refractivity contribution < 1.29 is 44.2 Å². The van der Waals surface area contributed by atoms with Crippen LogP contribution < -0.4 is 0 Å². The minimum Gasteiger partial charge on any atom is -0.457 e. The molecule has 0 radical (unpaired) electrons. The number of hydrogen-bond donors (Lipinski definition) is 4. The summed E-state index contributed by atoms with van der Waals surface area (Å²) in [7, 11) is 0. The fourth-order valence-electron chi connectivity index (χ4n) is 6.01. The molecule has 1 rings (SSSR count). The van der Waals surface area contributed by atoms with Crippen molar-refractivity contribution in [3.63, 3.8) is 0 Å². The van der Waals surface area contributed by atoms with Crippen LogP contribution in [0.25, 0.3) is 0 Å². The zero-order valence-electron chi connectivity index (χ0n) is 30.7. The van der Waals surface area contributed by atoms with Gasteiger partial charge in [0.2, 0.25) is 0 Å². The second-order valence-electron chi connectivity index (χ2n) is 13.7. The van der Waals surface area contributed by atoms with Crippen LogP contribution in [0.2, 0.25) is 0 Å². The molecule has 1 aliphatic rings. The van der Waals surface area contributed by atoms with Gasteiger partial charge < -0.3 is 39.4 Å². The fourth-order valence-corrected chi connectivity index (χ4v) is 6.01. The summed E-state index contributed by atoms with van der Waals surface area (Å²) in [5.41, 5.74) is 0.